The van der Waals surface area contributed by atoms with E-state index in [0.29, 0.717) is 13.1 Å². The average Bonchev–Trinajstić information content (AvgIpc) is 2.73. The fourth-order valence-electron chi connectivity index (χ4n) is 4.04. The average molecular weight is 411 g/mol. The van der Waals surface area contributed by atoms with Crippen LogP contribution in [0.5, 0.6) is 0 Å². The number of rotatable bonds is 3. The van der Waals surface area contributed by atoms with Crippen molar-refractivity contribution >= 4 is 23.4 Å². The quantitative estimate of drug-likeness (QED) is 0.839. The Labute approximate surface area is 177 Å². The predicted molar refractivity (Wildman–Crippen MR) is 119 cm³/mol. The van der Waals surface area contributed by atoms with Crippen LogP contribution in [-0.2, 0) is 4.74 Å². The maximum Gasteiger partial charge on any atom is 0.321 e. The number of anilines is 3. The number of urea groups is 1. The van der Waals surface area contributed by atoms with Gasteiger partial charge in [-0.1, -0.05) is 6.07 Å². The van der Waals surface area contributed by atoms with Crippen molar-refractivity contribution in [2.24, 2.45) is 0 Å². The number of aromatic nitrogens is 2. The first-order valence-electron chi connectivity index (χ1n) is 10.6. The third-order valence-corrected chi connectivity index (χ3v) is 5.51. The van der Waals surface area contributed by atoms with Crippen LogP contribution in [0, 0.1) is 20.8 Å². The highest BCUT2D eigenvalue weighted by Gasteiger charge is 2.23. The number of morpholine rings is 1. The molecule has 2 aliphatic heterocycles. The predicted octanol–water partition coefficient (Wildman–Crippen LogP) is 2.59. The van der Waals surface area contributed by atoms with E-state index in [2.05, 4.69) is 37.2 Å². The minimum Gasteiger partial charge on any atom is -0.378 e. The van der Waals surface area contributed by atoms with Crippen molar-refractivity contribution in [1.29, 1.82) is 0 Å². The van der Waals surface area contributed by atoms with Crippen molar-refractivity contribution in [2.75, 3.05) is 67.6 Å². The maximum atomic E-state index is 12.7. The third-order valence-electron chi connectivity index (χ3n) is 5.51. The molecular weight excluding hydrogens is 380 g/mol. The van der Waals surface area contributed by atoms with Crippen LogP contribution < -0.4 is 15.1 Å². The molecule has 2 amide bonds. The van der Waals surface area contributed by atoms with Crippen molar-refractivity contribution in [1.82, 2.24) is 14.9 Å². The summed E-state index contributed by atoms with van der Waals surface area (Å²) in [6.45, 7) is 12.0. The molecule has 1 N–H and O–H groups in total. The monoisotopic (exact) mass is 410 g/mol. The number of piperazine rings is 1. The van der Waals surface area contributed by atoms with Crippen molar-refractivity contribution in [3.05, 3.63) is 41.2 Å². The normalized spacial score (nSPS) is 17.2. The van der Waals surface area contributed by atoms with Crippen LogP contribution in [0.15, 0.2) is 24.3 Å². The van der Waals surface area contributed by atoms with Gasteiger partial charge < -0.3 is 24.8 Å². The third kappa shape index (κ3) is 4.81. The molecule has 2 saturated heterocycles. The molecule has 0 atom stereocenters. The van der Waals surface area contributed by atoms with Crippen molar-refractivity contribution in [3.8, 4) is 0 Å². The lowest BCUT2D eigenvalue weighted by Crippen LogP contribution is -2.50. The van der Waals surface area contributed by atoms with Gasteiger partial charge in [-0.3, -0.25) is 0 Å². The van der Waals surface area contributed by atoms with Crippen LogP contribution in [0.1, 0.15) is 17.0 Å². The number of hydrogen-bond acceptors (Lipinski definition) is 6. The Balaban J connectivity index is 1.38. The number of aryl methyl sites for hydroxylation is 3. The van der Waals surface area contributed by atoms with Crippen molar-refractivity contribution in [3.63, 3.8) is 0 Å². The molecule has 0 aliphatic carbocycles. The fourth-order valence-corrected chi connectivity index (χ4v) is 4.04. The van der Waals surface area contributed by atoms with Gasteiger partial charge in [-0.05, 0) is 44.0 Å². The summed E-state index contributed by atoms with van der Waals surface area (Å²) in [5, 5.41) is 3.03. The van der Waals surface area contributed by atoms with E-state index >= 15 is 0 Å². The minimum atomic E-state index is -0.0486. The number of benzene rings is 1. The molecule has 8 heteroatoms. The Morgan fingerprint density at radius 1 is 0.833 bits per heavy atom. The van der Waals surface area contributed by atoms with E-state index in [-0.39, 0.29) is 6.03 Å². The lowest BCUT2D eigenvalue weighted by Gasteiger charge is -2.36. The second-order valence-corrected chi connectivity index (χ2v) is 8.01. The standard InChI is InChI=1S/C22H30N6O2/c1-16-12-17(2)14-19(13-16)25-22(29)28-6-4-26(5-7-28)20-15-21(24-18(3)23-20)27-8-10-30-11-9-27/h12-15H,4-11H2,1-3H3,(H,25,29). The molecular formula is C22H30N6O2. The van der Waals surface area contributed by atoms with Crippen LogP contribution in [0.2, 0.25) is 0 Å². The summed E-state index contributed by atoms with van der Waals surface area (Å²) in [5.41, 5.74) is 3.14. The van der Waals surface area contributed by atoms with Crippen LogP contribution in [0.25, 0.3) is 0 Å². The van der Waals surface area contributed by atoms with Crippen molar-refractivity contribution in [2.45, 2.75) is 20.8 Å². The van der Waals surface area contributed by atoms with Crippen LogP contribution in [0.3, 0.4) is 0 Å². The molecule has 0 unspecified atom stereocenters. The first kappa shape index (κ1) is 20.4. The second-order valence-electron chi connectivity index (χ2n) is 8.01. The number of ether oxygens (including phenoxy) is 1. The zero-order chi connectivity index (χ0) is 21.1. The SMILES string of the molecule is Cc1cc(C)cc(NC(=O)N2CCN(c3cc(N4CCOCC4)nc(C)n3)CC2)c1. The van der Waals surface area contributed by atoms with Gasteiger partial charge in [0, 0.05) is 51.0 Å². The summed E-state index contributed by atoms with van der Waals surface area (Å²) in [7, 11) is 0. The molecule has 160 valence electrons. The first-order valence-corrected chi connectivity index (χ1v) is 10.6. The van der Waals surface area contributed by atoms with Gasteiger partial charge >= 0.3 is 6.03 Å². The highest BCUT2D eigenvalue weighted by Crippen LogP contribution is 2.22. The minimum absolute atomic E-state index is 0.0486. The smallest absolute Gasteiger partial charge is 0.321 e. The largest absolute Gasteiger partial charge is 0.378 e. The maximum absolute atomic E-state index is 12.7. The van der Waals surface area contributed by atoms with E-state index in [0.717, 1.165) is 73.7 Å². The molecule has 2 aliphatic rings. The summed E-state index contributed by atoms with van der Waals surface area (Å²) >= 11 is 0. The molecule has 1 aromatic carbocycles. The van der Waals surface area contributed by atoms with E-state index in [9.17, 15) is 4.79 Å². The molecule has 2 fully saturated rings. The zero-order valence-electron chi connectivity index (χ0n) is 18.0. The Morgan fingerprint density at radius 3 is 2.00 bits per heavy atom. The van der Waals surface area contributed by atoms with E-state index in [4.69, 9.17) is 4.74 Å². The van der Waals surface area contributed by atoms with E-state index < -0.39 is 0 Å². The summed E-state index contributed by atoms with van der Waals surface area (Å²) in [4.78, 5) is 28.3. The van der Waals surface area contributed by atoms with Gasteiger partial charge in [-0.2, -0.15) is 0 Å². The molecule has 0 spiro atoms. The number of amides is 2. The Kier molecular flexibility index (Phi) is 6.03. The van der Waals surface area contributed by atoms with Crippen LogP contribution >= 0.6 is 0 Å². The summed E-state index contributed by atoms with van der Waals surface area (Å²) < 4.78 is 5.45. The van der Waals surface area contributed by atoms with Gasteiger partial charge in [0.05, 0.1) is 13.2 Å². The number of carbonyl (C=O) groups is 1. The number of carbonyl (C=O) groups excluding carboxylic acids is 1. The second kappa shape index (κ2) is 8.87. The molecule has 0 saturated carbocycles. The van der Waals surface area contributed by atoms with Crippen LogP contribution in [0.4, 0.5) is 22.1 Å². The Hall–Kier alpha value is -2.87. The van der Waals surface area contributed by atoms with E-state index in [1.165, 1.54) is 0 Å². The fraction of sp³-hybridized carbons (Fsp3) is 0.500. The van der Waals surface area contributed by atoms with Gasteiger partial charge in [-0.15, -0.1) is 0 Å². The van der Waals surface area contributed by atoms with Gasteiger partial charge in [0.15, 0.2) is 0 Å². The number of nitrogens with zero attached hydrogens (tertiary/aromatic N) is 5. The molecule has 8 nitrogen and oxygen atoms in total. The van der Waals surface area contributed by atoms with Crippen molar-refractivity contribution < 1.29 is 9.53 Å². The molecule has 4 rings (SSSR count). The molecule has 2 aromatic rings. The lowest BCUT2D eigenvalue weighted by molar-refractivity contribution is 0.122. The Bertz CT molecular complexity index is 884. The molecule has 1 aromatic heterocycles. The highest BCUT2D eigenvalue weighted by atomic mass is 16.5. The molecule has 0 radical (unpaired) electrons. The van der Waals surface area contributed by atoms with Gasteiger partial charge in [0.1, 0.15) is 17.5 Å². The molecule has 0 bridgehead atoms. The Morgan fingerprint density at radius 2 is 1.40 bits per heavy atom. The lowest BCUT2D eigenvalue weighted by atomic mass is 10.1. The van der Waals surface area contributed by atoms with E-state index in [1.54, 1.807) is 0 Å². The van der Waals surface area contributed by atoms with Gasteiger partial charge in [0.25, 0.3) is 0 Å². The summed E-state index contributed by atoms with van der Waals surface area (Å²) in [5.74, 6) is 2.65. The zero-order valence-corrected chi connectivity index (χ0v) is 18.0. The summed E-state index contributed by atoms with van der Waals surface area (Å²) in [6.07, 6.45) is 0. The highest BCUT2D eigenvalue weighted by molar-refractivity contribution is 5.89. The number of hydrogen-bond donors (Lipinski definition) is 1. The first-order chi connectivity index (χ1) is 14.5. The molecule has 30 heavy (non-hydrogen) atoms. The van der Waals surface area contributed by atoms with Gasteiger partial charge in [-0.25, -0.2) is 14.8 Å². The number of nitrogens with one attached hydrogen (secondary N) is 1. The topological polar surface area (TPSA) is 73.8 Å². The summed E-state index contributed by atoms with van der Waals surface area (Å²) in [6, 6.07) is 8.11. The van der Waals surface area contributed by atoms with Gasteiger partial charge in [0.2, 0.25) is 0 Å². The van der Waals surface area contributed by atoms with E-state index in [1.807, 2.05) is 37.8 Å². The molecule has 3 heterocycles. The van der Waals surface area contributed by atoms with Crippen LogP contribution in [-0.4, -0.2) is 73.4 Å².